The van der Waals surface area contributed by atoms with Gasteiger partial charge in [-0.05, 0) is 48.2 Å². The van der Waals surface area contributed by atoms with Crippen LogP contribution in [0.3, 0.4) is 0 Å². The smallest absolute Gasteiger partial charge is 0.254 e. The number of hydrogen-bond donors (Lipinski definition) is 1. The van der Waals surface area contributed by atoms with Gasteiger partial charge < -0.3 is 10.5 Å². The molecule has 30 heavy (non-hydrogen) atoms. The molecule has 0 unspecified atom stereocenters. The molecular weight excluding hydrogens is 406 g/mol. The Kier molecular flexibility index (Phi) is 5.72. The molecule has 1 amide bonds. The van der Waals surface area contributed by atoms with Crippen LogP contribution in [-0.4, -0.2) is 10.9 Å². The maximum absolute atomic E-state index is 14.3. The lowest BCUT2D eigenvalue weighted by molar-refractivity contribution is 0.0991. The van der Waals surface area contributed by atoms with Crippen LogP contribution in [0.25, 0.3) is 10.2 Å². The molecule has 0 aliphatic rings. The zero-order chi connectivity index (χ0) is 21.1. The summed E-state index contributed by atoms with van der Waals surface area (Å²) in [7, 11) is 0. The van der Waals surface area contributed by atoms with E-state index in [1.54, 1.807) is 0 Å². The molecule has 0 atom stereocenters. The first-order chi connectivity index (χ1) is 14.5. The zero-order valence-corrected chi connectivity index (χ0v) is 16.7. The third kappa shape index (κ3) is 4.31. The van der Waals surface area contributed by atoms with Crippen LogP contribution in [0.15, 0.2) is 60.7 Å². The van der Waals surface area contributed by atoms with Gasteiger partial charge in [0.1, 0.15) is 23.0 Å². The van der Waals surface area contributed by atoms with Crippen molar-refractivity contribution in [3.8, 4) is 5.75 Å². The molecule has 152 valence electrons. The average Bonchev–Trinajstić information content (AvgIpc) is 3.14. The number of primary amides is 1. The molecule has 0 saturated carbocycles. The predicted molar refractivity (Wildman–Crippen MR) is 113 cm³/mol. The third-order valence-corrected chi connectivity index (χ3v) is 5.70. The standard InChI is InChI=1S/C23H18F2N2O2S/c24-16-9-10-18(22(25)21(16)23(26)28)29-13-20-27-17-12-15(8-11-19(17)30-20)7-6-14-4-2-1-3-5-14/h1-5,8-12H,6-7,13H2,(H2,26,28). The van der Waals surface area contributed by atoms with Gasteiger partial charge in [0.2, 0.25) is 0 Å². The van der Waals surface area contributed by atoms with Crippen LogP contribution in [-0.2, 0) is 19.4 Å². The Morgan fingerprint density at radius 3 is 2.53 bits per heavy atom. The number of fused-ring (bicyclic) bond motifs is 1. The summed E-state index contributed by atoms with van der Waals surface area (Å²) in [5.74, 6) is -3.55. The molecule has 0 fully saturated rings. The summed E-state index contributed by atoms with van der Waals surface area (Å²) in [5, 5.41) is 0.648. The summed E-state index contributed by atoms with van der Waals surface area (Å²) in [4.78, 5) is 15.8. The maximum atomic E-state index is 14.3. The number of amides is 1. The van der Waals surface area contributed by atoms with Crippen LogP contribution in [0.2, 0.25) is 0 Å². The highest BCUT2D eigenvalue weighted by Gasteiger charge is 2.19. The summed E-state index contributed by atoms with van der Waals surface area (Å²) in [6.45, 7) is -0.000546. The van der Waals surface area contributed by atoms with Gasteiger partial charge in [-0.1, -0.05) is 36.4 Å². The van der Waals surface area contributed by atoms with E-state index in [0.717, 1.165) is 35.2 Å². The lowest BCUT2D eigenvalue weighted by atomic mass is 10.0. The maximum Gasteiger partial charge on any atom is 0.254 e. The van der Waals surface area contributed by atoms with Gasteiger partial charge in [-0.25, -0.2) is 13.8 Å². The summed E-state index contributed by atoms with van der Waals surface area (Å²) in [6.07, 6.45) is 1.85. The Bertz CT molecular complexity index is 1210. The zero-order valence-electron chi connectivity index (χ0n) is 15.9. The SMILES string of the molecule is NC(=O)c1c(F)ccc(OCc2nc3cc(CCc4ccccc4)ccc3s2)c1F. The molecule has 2 N–H and O–H groups in total. The normalized spacial score (nSPS) is 11.0. The molecule has 4 nitrogen and oxygen atoms in total. The van der Waals surface area contributed by atoms with E-state index < -0.39 is 23.1 Å². The van der Waals surface area contributed by atoms with E-state index in [-0.39, 0.29) is 12.4 Å². The Balaban J connectivity index is 1.47. The van der Waals surface area contributed by atoms with Crippen molar-refractivity contribution in [1.82, 2.24) is 4.98 Å². The van der Waals surface area contributed by atoms with Crippen LogP contribution in [0.4, 0.5) is 8.78 Å². The number of thiazole rings is 1. The second-order valence-electron chi connectivity index (χ2n) is 6.78. The minimum atomic E-state index is -1.18. The van der Waals surface area contributed by atoms with Crippen LogP contribution in [0.5, 0.6) is 5.75 Å². The van der Waals surface area contributed by atoms with Gasteiger partial charge >= 0.3 is 0 Å². The van der Waals surface area contributed by atoms with Crippen LogP contribution >= 0.6 is 11.3 Å². The first kappa shape index (κ1) is 20.0. The monoisotopic (exact) mass is 424 g/mol. The number of aryl methyl sites for hydroxylation is 2. The van der Waals surface area contributed by atoms with Crippen LogP contribution < -0.4 is 10.5 Å². The van der Waals surface area contributed by atoms with Crippen LogP contribution in [0.1, 0.15) is 26.5 Å². The second kappa shape index (κ2) is 8.59. The third-order valence-electron chi connectivity index (χ3n) is 4.69. The van der Waals surface area contributed by atoms with E-state index in [1.807, 2.05) is 30.3 Å². The highest BCUT2D eigenvalue weighted by molar-refractivity contribution is 7.18. The van der Waals surface area contributed by atoms with Crippen molar-refractivity contribution < 1.29 is 18.3 Å². The molecular formula is C23H18F2N2O2S. The van der Waals surface area contributed by atoms with Crippen molar-refractivity contribution in [3.63, 3.8) is 0 Å². The van der Waals surface area contributed by atoms with Gasteiger partial charge in [0.25, 0.3) is 5.91 Å². The number of hydrogen-bond acceptors (Lipinski definition) is 4. The van der Waals surface area contributed by atoms with Crippen molar-refractivity contribution in [3.05, 3.63) is 94.0 Å². The number of ether oxygens (including phenoxy) is 1. The fraction of sp³-hybridized carbons (Fsp3) is 0.130. The van der Waals surface area contributed by atoms with E-state index in [1.165, 1.54) is 22.5 Å². The van der Waals surface area contributed by atoms with Gasteiger partial charge in [-0.15, -0.1) is 11.3 Å². The van der Waals surface area contributed by atoms with Gasteiger partial charge in [-0.2, -0.15) is 0 Å². The fourth-order valence-corrected chi connectivity index (χ4v) is 4.04. The quantitative estimate of drug-likeness (QED) is 0.452. The highest BCUT2D eigenvalue weighted by Crippen LogP contribution is 2.27. The molecule has 7 heteroatoms. The minimum absolute atomic E-state index is 0.000546. The van der Waals surface area contributed by atoms with Crippen molar-refractivity contribution in [2.24, 2.45) is 5.73 Å². The Labute approximate surface area is 175 Å². The van der Waals surface area contributed by atoms with E-state index in [4.69, 9.17) is 10.5 Å². The largest absolute Gasteiger partial charge is 0.483 e. The summed E-state index contributed by atoms with van der Waals surface area (Å²) in [6, 6.07) is 18.5. The molecule has 0 aliphatic heterocycles. The summed E-state index contributed by atoms with van der Waals surface area (Å²) < 4.78 is 34.3. The second-order valence-corrected chi connectivity index (χ2v) is 7.90. The molecule has 0 spiro atoms. The number of nitrogens with two attached hydrogens (primary N) is 1. The van der Waals surface area contributed by atoms with Crippen molar-refractivity contribution >= 4 is 27.5 Å². The van der Waals surface area contributed by atoms with E-state index in [0.29, 0.717) is 5.01 Å². The lowest BCUT2D eigenvalue weighted by Gasteiger charge is -2.08. The van der Waals surface area contributed by atoms with E-state index in [2.05, 4.69) is 23.2 Å². The Morgan fingerprint density at radius 2 is 1.77 bits per heavy atom. The summed E-state index contributed by atoms with van der Waals surface area (Å²) in [5.41, 5.74) is 7.54. The number of aromatic nitrogens is 1. The number of carbonyl (C=O) groups excluding carboxylic acids is 1. The molecule has 4 aromatic rings. The topological polar surface area (TPSA) is 65.2 Å². The number of benzene rings is 3. The average molecular weight is 424 g/mol. The highest BCUT2D eigenvalue weighted by atomic mass is 32.1. The summed E-state index contributed by atoms with van der Waals surface area (Å²) >= 11 is 1.43. The first-order valence-corrected chi connectivity index (χ1v) is 10.2. The van der Waals surface area contributed by atoms with Gasteiger partial charge in [0.15, 0.2) is 11.6 Å². The van der Waals surface area contributed by atoms with Crippen molar-refractivity contribution in [1.29, 1.82) is 0 Å². The number of nitrogens with zero attached hydrogens (tertiary/aromatic N) is 1. The number of carbonyl (C=O) groups is 1. The molecule has 4 rings (SSSR count). The number of halogens is 2. The first-order valence-electron chi connectivity index (χ1n) is 9.34. The molecule has 0 radical (unpaired) electrons. The molecule has 0 saturated heterocycles. The molecule has 1 aromatic heterocycles. The van der Waals surface area contributed by atoms with E-state index in [9.17, 15) is 13.6 Å². The lowest BCUT2D eigenvalue weighted by Crippen LogP contribution is -2.16. The Morgan fingerprint density at radius 1 is 1.00 bits per heavy atom. The van der Waals surface area contributed by atoms with Gasteiger partial charge in [0, 0.05) is 0 Å². The molecule has 1 heterocycles. The fourth-order valence-electron chi connectivity index (χ4n) is 3.18. The minimum Gasteiger partial charge on any atom is -0.483 e. The molecule has 0 bridgehead atoms. The van der Waals surface area contributed by atoms with Crippen LogP contribution in [0, 0.1) is 11.6 Å². The Hall–Kier alpha value is -3.32. The van der Waals surface area contributed by atoms with Gasteiger partial charge in [-0.3, -0.25) is 4.79 Å². The molecule has 0 aliphatic carbocycles. The number of rotatable bonds is 7. The van der Waals surface area contributed by atoms with Crippen molar-refractivity contribution in [2.45, 2.75) is 19.4 Å². The predicted octanol–water partition coefficient (Wildman–Crippen LogP) is 5.04. The van der Waals surface area contributed by atoms with Gasteiger partial charge in [0.05, 0.1) is 10.2 Å². The molecule has 3 aromatic carbocycles. The van der Waals surface area contributed by atoms with E-state index >= 15 is 0 Å². The van der Waals surface area contributed by atoms with Crippen molar-refractivity contribution in [2.75, 3.05) is 0 Å².